The molecule has 2 aromatic rings. The molecule has 0 radical (unpaired) electrons. The summed E-state index contributed by atoms with van der Waals surface area (Å²) in [5.74, 6) is 1.23. The number of carbonyl (C=O) groups excluding carboxylic acids is 1. The number of amides is 1. The molecule has 2 fully saturated rings. The number of carbonyl (C=O) groups is 1. The zero-order valence-corrected chi connectivity index (χ0v) is 13.7. The van der Waals surface area contributed by atoms with Gasteiger partial charge in [0.05, 0.1) is 0 Å². The van der Waals surface area contributed by atoms with Gasteiger partial charge in [-0.3, -0.25) is 15.2 Å². The van der Waals surface area contributed by atoms with Gasteiger partial charge in [-0.15, -0.1) is 5.10 Å². The van der Waals surface area contributed by atoms with Crippen molar-refractivity contribution in [1.82, 2.24) is 15.2 Å². The molecule has 5 nitrogen and oxygen atoms in total. The molecule has 2 aliphatic rings. The van der Waals surface area contributed by atoms with Crippen molar-refractivity contribution < 1.29 is 4.79 Å². The quantitative estimate of drug-likeness (QED) is 0.875. The van der Waals surface area contributed by atoms with Gasteiger partial charge in [0.2, 0.25) is 11.9 Å². The van der Waals surface area contributed by atoms with E-state index in [0.717, 1.165) is 16.5 Å². The van der Waals surface area contributed by atoms with Crippen molar-refractivity contribution in [3.8, 4) is 11.4 Å². The first-order chi connectivity index (χ1) is 10.7. The number of nitrogens with zero attached hydrogens (tertiary/aromatic N) is 2. The molecule has 22 heavy (non-hydrogen) atoms. The summed E-state index contributed by atoms with van der Waals surface area (Å²) in [6.45, 7) is 0. The topological polar surface area (TPSA) is 70.7 Å². The van der Waals surface area contributed by atoms with Gasteiger partial charge >= 0.3 is 0 Å². The van der Waals surface area contributed by atoms with E-state index in [1.165, 1.54) is 25.7 Å². The van der Waals surface area contributed by atoms with Crippen molar-refractivity contribution in [2.75, 3.05) is 5.32 Å². The van der Waals surface area contributed by atoms with E-state index in [0.29, 0.717) is 17.2 Å². The van der Waals surface area contributed by atoms with E-state index in [4.69, 9.17) is 0 Å². The maximum Gasteiger partial charge on any atom is 0.249 e. The normalized spacial score (nSPS) is 22.0. The minimum absolute atomic E-state index is 0.0691. The van der Waals surface area contributed by atoms with Crippen LogP contribution in [0.15, 0.2) is 28.7 Å². The summed E-state index contributed by atoms with van der Waals surface area (Å²) in [6, 6.07) is 7.78. The predicted molar refractivity (Wildman–Crippen MR) is 87.2 cm³/mol. The zero-order valence-electron chi connectivity index (χ0n) is 12.1. The van der Waals surface area contributed by atoms with Gasteiger partial charge in [0.1, 0.15) is 0 Å². The Morgan fingerprint density at radius 2 is 2.09 bits per heavy atom. The Bertz CT molecular complexity index is 720. The smallest absolute Gasteiger partial charge is 0.249 e. The van der Waals surface area contributed by atoms with Crippen molar-refractivity contribution in [3.05, 3.63) is 28.7 Å². The Morgan fingerprint density at radius 3 is 2.86 bits per heavy atom. The van der Waals surface area contributed by atoms with Crippen LogP contribution in [0.2, 0.25) is 0 Å². The van der Waals surface area contributed by atoms with Crippen LogP contribution in [-0.4, -0.2) is 21.1 Å². The third kappa shape index (κ3) is 2.35. The molecule has 4 rings (SSSR count). The monoisotopic (exact) mass is 360 g/mol. The lowest BCUT2D eigenvalue weighted by molar-refractivity contribution is -0.118. The lowest BCUT2D eigenvalue weighted by atomic mass is 10.0. The first-order valence-electron chi connectivity index (χ1n) is 7.66. The molecule has 1 spiro atoms. The number of H-pyrrole nitrogens is 1. The fourth-order valence-corrected chi connectivity index (χ4v) is 4.11. The number of rotatable bonds is 3. The highest BCUT2D eigenvalue weighted by atomic mass is 79.9. The molecule has 1 aromatic heterocycles. The Kier molecular flexibility index (Phi) is 3.29. The molecular weight excluding hydrogens is 344 g/mol. The molecule has 0 saturated heterocycles. The molecule has 2 N–H and O–H groups in total. The Morgan fingerprint density at radius 1 is 1.32 bits per heavy atom. The minimum Gasteiger partial charge on any atom is -0.293 e. The highest BCUT2D eigenvalue weighted by Crippen LogP contribution is 2.62. The second kappa shape index (κ2) is 5.19. The van der Waals surface area contributed by atoms with E-state index in [2.05, 4.69) is 36.4 Å². The maximum atomic E-state index is 12.3. The lowest BCUT2D eigenvalue weighted by Gasteiger charge is -2.06. The molecule has 1 aromatic carbocycles. The van der Waals surface area contributed by atoms with Gasteiger partial charge in [-0.2, -0.15) is 4.98 Å². The summed E-state index contributed by atoms with van der Waals surface area (Å²) >= 11 is 3.49. The molecular formula is C16H17BrN4O. The number of hydrogen-bond acceptors (Lipinski definition) is 3. The van der Waals surface area contributed by atoms with Crippen LogP contribution in [0.3, 0.4) is 0 Å². The Hall–Kier alpha value is -1.69. The number of anilines is 1. The molecule has 1 atom stereocenters. The molecule has 1 unspecified atom stereocenters. The SMILES string of the molecule is O=C(Nc1n[nH]c(-c2ccccc2Br)n1)C1CC12CCCC2. The van der Waals surface area contributed by atoms with E-state index >= 15 is 0 Å². The molecule has 114 valence electrons. The van der Waals surface area contributed by atoms with Crippen LogP contribution >= 0.6 is 15.9 Å². The number of aromatic nitrogens is 3. The van der Waals surface area contributed by atoms with E-state index in [1.54, 1.807) is 0 Å². The molecule has 2 aliphatic carbocycles. The van der Waals surface area contributed by atoms with Crippen LogP contribution in [0.5, 0.6) is 0 Å². The predicted octanol–water partition coefficient (Wildman–Crippen LogP) is 3.75. The van der Waals surface area contributed by atoms with Crippen LogP contribution in [0.25, 0.3) is 11.4 Å². The Balaban J connectivity index is 1.47. The van der Waals surface area contributed by atoms with Crippen LogP contribution in [0.4, 0.5) is 5.95 Å². The van der Waals surface area contributed by atoms with Crippen molar-refractivity contribution in [2.24, 2.45) is 11.3 Å². The zero-order chi connectivity index (χ0) is 15.2. The molecule has 1 amide bonds. The summed E-state index contributed by atoms with van der Waals surface area (Å²) in [5.41, 5.74) is 1.22. The van der Waals surface area contributed by atoms with Crippen molar-refractivity contribution in [3.63, 3.8) is 0 Å². The summed E-state index contributed by atoms with van der Waals surface area (Å²) in [4.78, 5) is 16.7. The van der Waals surface area contributed by atoms with Gasteiger partial charge in [-0.1, -0.05) is 47.0 Å². The average Bonchev–Trinajstić information content (AvgIpc) is 2.85. The van der Waals surface area contributed by atoms with E-state index in [-0.39, 0.29) is 11.8 Å². The van der Waals surface area contributed by atoms with Crippen LogP contribution in [0, 0.1) is 11.3 Å². The maximum absolute atomic E-state index is 12.3. The molecule has 1 heterocycles. The van der Waals surface area contributed by atoms with Gasteiger partial charge in [-0.25, -0.2) is 0 Å². The van der Waals surface area contributed by atoms with Crippen molar-refractivity contribution >= 4 is 27.8 Å². The minimum atomic E-state index is 0.0691. The van der Waals surface area contributed by atoms with Gasteiger partial charge in [-0.05, 0) is 30.7 Å². The van der Waals surface area contributed by atoms with Gasteiger partial charge in [0.25, 0.3) is 0 Å². The highest BCUT2D eigenvalue weighted by molar-refractivity contribution is 9.10. The first kappa shape index (κ1) is 13.9. The van der Waals surface area contributed by atoms with Crippen molar-refractivity contribution in [1.29, 1.82) is 0 Å². The molecule has 0 bridgehead atoms. The number of benzene rings is 1. The van der Waals surface area contributed by atoms with Gasteiger partial charge in [0, 0.05) is 16.0 Å². The number of halogens is 1. The van der Waals surface area contributed by atoms with Crippen molar-refractivity contribution in [2.45, 2.75) is 32.1 Å². The molecule has 6 heteroatoms. The first-order valence-corrected chi connectivity index (χ1v) is 8.45. The summed E-state index contributed by atoms with van der Waals surface area (Å²) in [5, 5.41) is 9.85. The van der Waals surface area contributed by atoms with Crippen LogP contribution in [-0.2, 0) is 4.79 Å². The molecule has 2 saturated carbocycles. The van der Waals surface area contributed by atoms with Gasteiger partial charge < -0.3 is 0 Å². The highest BCUT2D eigenvalue weighted by Gasteiger charge is 2.58. The summed E-state index contributed by atoms with van der Waals surface area (Å²) < 4.78 is 0.941. The molecule has 0 aliphatic heterocycles. The average molecular weight is 361 g/mol. The van der Waals surface area contributed by atoms with Crippen LogP contribution < -0.4 is 5.32 Å². The fraction of sp³-hybridized carbons (Fsp3) is 0.438. The van der Waals surface area contributed by atoms with E-state index in [1.807, 2.05) is 24.3 Å². The number of aromatic amines is 1. The fourth-order valence-electron chi connectivity index (χ4n) is 3.64. The number of nitrogens with one attached hydrogen (secondary N) is 2. The third-order valence-corrected chi connectivity index (χ3v) is 5.65. The summed E-state index contributed by atoms with van der Waals surface area (Å²) in [7, 11) is 0. The summed E-state index contributed by atoms with van der Waals surface area (Å²) in [6.07, 6.45) is 5.94. The second-order valence-electron chi connectivity index (χ2n) is 6.30. The Labute approximate surface area is 137 Å². The van der Waals surface area contributed by atoms with Crippen LogP contribution in [0.1, 0.15) is 32.1 Å². The largest absolute Gasteiger partial charge is 0.293 e. The van der Waals surface area contributed by atoms with Gasteiger partial charge in [0.15, 0.2) is 5.82 Å². The lowest BCUT2D eigenvalue weighted by Crippen LogP contribution is -2.18. The number of hydrogen-bond donors (Lipinski definition) is 2. The standard InChI is InChI=1S/C16H17BrN4O/c17-12-6-2-1-5-10(12)13-18-15(21-20-13)19-14(22)11-9-16(11)7-3-4-8-16/h1-2,5-6,11H,3-4,7-9H2,(H2,18,19,20,21,22). The second-order valence-corrected chi connectivity index (χ2v) is 7.16. The van der Waals surface area contributed by atoms with E-state index in [9.17, 15) is 4.79 Å². The third-order valence-electron chi connectivity index (χ3n) is 4.95. The van der Waals surface area contributed by atoms with E-state index < -0.39 is 0 Å².